The molecular weight excluding hydrogens is 188 g/mol. The zero-order valence-corrected chi connectivity index (χ0v) is 9.37. The fourth-order valence-electron chi connectivity index (χ4n) is 1.10. The second-order valence-electron chi connectivity index (χ2n) is 3.70. The number of terminal acetylenes is 1. The molecule has 1 aromatic rings. The van der Waals surface area contributed by atoms with Crippen molar-refractivity contribution >= 4 is 5.69 Å². The van der Waals surface area contributed by atoms with Crippen LogP contribution in [-0.4, -0.2) is 17.1 Å². The molecule has 3 heteroatoms. The van der Waals surface area contributed by atoms with E-state index in [0.29, 0.717) is 5.75 Å². The minimum Gasteiger partial charge on any atom is -0.473 e. The zero-order valence-electron chi connectivity index (χ0n) is 9.37. The second-order valence-corrected chi connectivity index (χ2v) is 3.70. The van der Waals surface area contributed by atoms with Gasteiger partial charge >= 0.3 is 0 Å². The first-order valence-corrected chi connectivity index (χ1v) is 4.93. The van der Waals surface area contributed by atoms with E-state index in [0.717, 1.165) is 12.2 Å². The maximum absolute atomic E-state index is 5.60. The number of nitrogens with zero attached hydrogens (tertiary/aromatic N) is 1. The lowest BCUT2D eigenvalue weighted by atomic mass is 10.1. The van der Waals surface area contributed by atoms with Crippen molar-refractivity contribution < 1.29 is 4.74 Å². The molecule has 1 rings (SSSR count). The number of rotatable bonds is 4. The Morgan fingerprint density at radius 3 is 2.87 bits per heavy atom. The lowest BCUT2D eigenvalue weighted by Crippen LogP contribution is -2.25. The van der Waals surface area contributed by atoms with Gasteiger partial charge in [-0.15, -0.1) is 6.42 Å². The van der Waals surface area contributed by atoms with Gasteiger partial charge in [0.2, 0.25) is 0 Å². The number of hydrogen-bond acceptors (Lipinski definition) is 3. The minimum absolute atomic E-state index is 0.605. The van der Waals surface area contributed by atoms with Crippen LogP contribution in [0.2, 0.25) is 0 Å². The summed E-state index contributed by atoms with van der Waals surface area (Å²) in [7, 11) is 0. The van der Waals surface area contributed by atoms with Gasteiger partial charge in [0.25, 0.3) is 0 Å². The monoisotopic (exact) mass is 204 g/mol. The van der Waals surface area contributed by atoms with Gasteiger partial charge in [0, 0.05) is 12.6 Å². The Labute approximate surface area is 90.9 Å². The average molecular weight is 204 g/mol. The van der Waals surface area contributed by atoms with Gasteiger partial charge in [0.05, 0.1) is 18.1 Å². The lowest BCUT2D eigenvalue weighted by Gasteiger charge is -2.20. The normalized spacial score (nSPS) is 10.5. The molecule has 0 aliphatic heterocycles. The van der Waals surface area contributed by atoms with Crippen molar-refractivity contribution in [2.75, 3.05) is 11.9 Å². The summed E-state index contributed by atoms with van der Waals surface area (Å²) >= 11 is 0. The van der Waals surface area contributed by atoms with Gasteiger partial charge in [-0.3, -0.25) is 4.98 Å². The van der Waals surface area contributed by atoms with Crippen LogP contribution >= 0.6 is 0 Å². The zero-order chi connectivity index (χ0) is 11.3. The number of pyridine rings is 1. The summed E-state index contributed by atoms with van der Waals surface area (Å²) in [5.74, 6) is 3.25. The molecule has 1 aromatic heterocycles. The third kappa shape index (κ3) is 3.51. The van der Waals surface area contributed by atoms with Crippen LogP contribution in [0.4, 0.5) is 5.69 Å². The Bertz CT molecular complexity index is 366. The number of hydrogen-bond donors (Lipinski definition) is 1. The molecule has 1 N–H and O–H groups in total. The molecule has 15 heavy (non-hydrogen) atoms. The number of aromatic nitrogens is 1. The predicted molar refractivity (Wildman–Crippen MR) is 61.9 cm³/mol. The molecule has 0 fully saturated rings. The molecule has 0 spiro atoms. The van der Waals surface area contributed by atoms with Crippen molar-refractivity contribution in [2.24, 2.45) is 0 Å². The summed E-state index contributed by atoms with van der Waals surface area (Å²) in [6, 6.07) is 1.88. The van der Waals surface area contributed by atoms with E-state index >= 15 is 0 Å². The first-order valence-electron chi connectivity index (χ1n) is 4.93. The Balaban J connectivity index is 2.79. The highest BCUT2D eigenvalue weighted by molar-refractivity contribution is 5.45. The molecule has 3 nitrogen and oxygen atoms in total. The molecular formula is C12H16N2O. The number of anilines is 1. The van der Waals surface area contributed by atoms with E-state index in [-0.39, 0.29) is 0 Å². The molecule has 80 valence electrons. The molecule has 0 aliphatic carbocycles. The van der Waals surface area contributed by atoms with Crippen molar-refractivity contribution in [1.29, 1.82) is 0 Å². The third-order valence-corrected chi connectivity index (χ3v) is 1.81. The number of nitrogens with one attached hydrogen (secondary N) is 1. The fourth-order valence-corrected chi connectivity index (χ4v) is 1.10. The van der Waals surface area contributed by atoms with Crippen LogP contribution in [-0.2, 0) is 0 Å². The van der Waals surface area contributed by atoms with E-state index in [2.05, 4.69) is 16.2 Å². The van der Waals surface area contributed by atoms with Crippen LogP contribution in [0.1, 0.15) is 20.8 Å². The van der Waals surface area contributed by atoms with Crippen LogP contribution in [0.15, 0.2) is 18.5 Å². The van der Waals surface area contributed by atoms with E-state index in [1.165, 1.54) is 0 Å². The van der Waals surface area contributed by atoms with Crippen LogP contribution in [0.25, 0.3) is 0 Å². The smallest absolute Gasteiger partial charge is 0.163 e. The first-order chi connectivity index (χ1) is 7.07. The van der Waals surface area contributed by atoms with Crippen LogP contribution in [0.5, 0.6) is 5.75 Å². The van der Waals surface area contributed by atoms with Crippen LogP contribution in [0, 0.1) is 12.3 Å². The topological polar surface area (TPSA) is 34.1 Å². The van der Waals surface area contributed by atoms with Crippen molar-refractivity contribution in [3.8, 4) is 18.1 Å². The molecule has 0 aliphatic rings. The Kier molecular flexibility index (Phi) is 3.56. The quantitative estimate of drug-likeness (QED) is 0.764. The molecule has 0 radical (unpaired) electrons. The lowest BCUT2D eigenvalue weighted by molar-refractivity contribution is 0.172. The molecule has 0 amide bonds. The summed E-state index contributed by atoms with van der Waals surface area (Å²) < 4.78 is 5.60. The van der Waals surface area contributed by atoms with Crippen molar-refractivity contribution in [1.82, 2.24) is 4.98 Å². The Morgan fingerprint density at radius 1 is 1.53 bits per heavy atom. The van der Waals surface area contributed by atoms with Crippen molar-refractivity contribution in [3.05, 3.63) is 18.5 Å². The maximum atomic E-state index is 5.60. The maximum Gasteiger partial charge on any atom is 0.163 e. The molecule has 0 aromatic carbocycles. The third-order valence-electron chi connectivity index (χ3n) is 1.81. The molecule has 0 atom stereocenters. The summed E-state index contributed by atoms with van der Waals surface area (Å²) in [6.07, 6.45) is 8.74. The standard InChI is InChI=1S/C12H16N2O/c1-5-12(3,4)15-11-7-10(14-6-2)8-13-9-11/h1,7-9,14H,6H2,2-4H3. The Hall–Kier alpha value is -1.69. The highest BCUT2D eigenvalue weighted by Crippen LogP contribution is 2.20. The molecule has 1 heterocycles. The summed E-state index contributed by atoms with van der Waals surface area (Å²) in [6.45, 7) is 6.56. The van der Waals surface area contributed by atoms with Gasteiger partial charge in [0.1, 0.15) is 5.75 Å². The SMILES string of the molecule is C#CC(C)(C)Oc1cncc(NCC)c1. The van der Waals surface area contributed by atoms with Crippen LogP contribution < -0.4 is 10.1 Å². The molecule has 0 saturated heterocycles. The number of ether oxygens (including phenoxy) is 1. The van der Waals surface area contributed by atoms with E-state index in [4.69, 9.17) is 11.2 Å². The second kappa shape index (κ2) is 4.70. The largest absolute Gasteiger partial charge is 0.473 e. The van der Waals surface area contributed by atoms with E-state index in [9.17, 15) is 0 Å². The summed E-state index contributed by atoms with van der Waals surface area (Å²) in [4.78, 5) is 4.07. The predicted octanol–water partition coefficient (Wildman–Crippen LogP) is 2.30. The van der Waals surface area contributed by atoms with E-state index in [1.54, 1.807) is 12.4 Å². The Morgan fingerprint density at radius 2 is 2.27 bits per heavy atom. The molecule has 0 bridgehead atoms. The molecule has 0 unspecified atom stereocenters. The average Bonchev–Trinajstić information content (AvgIpc) is 2.18. The van der Waals surface area contributed by atoms with Gasteiger partial charge in [-0.25, -0.2) is 0 Å². The summed E-state index contributed by atoms with van der Waals surface area (Å²) in [5.41, 5.74) is 0.329. The van der Waals surface area contributed by atoms with Crippen LogP contribution in [0.3, 0.4) is 0 Å². The summed E-state index contributed by atoms with van der Waals surface area (Å²) in [5, 5.41) is 3.16. The van der Waals surface area contributed by atoms with Gasteiger partial charge in [-0.2, -0.15) is 0 Å². The highest BCUT2D eigenvalue weighted by Gasteiger charge is 2.15. The van der Waals surface area contributed by atoms with Gasteiger partial charge < -0.3 is 10.1 Å². The van der Waals surface area contributed by atoms with Crippen molar-refractivity contribution in [3.63, 3.8) is 0 Å². The molecule has 0 saturated carbocycles. The first kappa shape index (κ1) is 11.4. The van der Waals surface area contributed by atoms with E-state index < -0.39 is 5.60 Å². The highest BCUT2D eigenvalue weighted by atomic mass is 16.5. The minimum atomic E-state index is -0.605. The van der Waals surface area contributed by atoms with E-state index in [1.807, 2.05) is 26.8 Å². The van der Waals surface area contributed by atoms with Gasteiger partial charge in [0.15, 0.2) is 5.60 Å². The van der Waals surface area contributed by atoms with Gasteiger partial charge in [-0.1, -0.05) is 5.92 Å². The van der Waals surface area contributed by atoms with Gasteiger partial charge in [-0.05, 0) is 20.8 Å². The van der Waals surface area contributed by atoms with Crippen molar-refractivity contribution in [2.45, 2.75) is 26.4 Å². The fraction of sp³-hybridized carbons (Fsp3) is 0.417.